The van der Waals surface area contributed by atoms with Crippen molar-refractivity contribution in [3.63, 3.8) is 0 Å². The first-order valence-electron chi connectivity index (χ1n) is 5.61. The molecule has 0 aliphatic rings. The van der Waals surface area contributed by atoms with E-state index in [2.05, 4.69) is 25.9 Å². The third-order valence-corrected chi connectivity index (χ3v) is 2.87. The van der Waals surface area contributed by atoms with E-state index in [0.29, 0.717) is 5.89 Å². The molecule has 0 bridgehead atoms. The molecule has 1 aromatic carbocycles. The zero-order chi connectivity index (χ0) is 13.0. The molecule has 0 saturated heterocycles. The fourth-order valence-electron chi connectivity index (χ4n) is 1.57. The van der Waals surface area contributed by atoms with Crippen LogP contribution in [-0.4, -0.2) is 11.2 Å². The molecule has 1 heterocycles. The molecule has 0 aliphatic heterocycles. The Labute approximate surface area is 114 Å². The Kier molecular flexibility index (Phi) is 4.10. The van der Waals surface area contributed by atoms with Gasteiger partial charge in [0.05, 0.1) is 5.70 Å². The van der Waals surface area contributed by atoms with Crippen LogP contribution >= 0.6 is 15.9 Å². The van der Waals surface area contributed by atoms with Gasteiger partial charge < -0.3 is 4.42 Å². The van der Waals surface area contributed by atoms with Crippen LogP contribution in [0.15, 0.2) is 50.5 Å². The molecule has 0 fully saturated rings. The van der Waals surface area contributed by atoms with Crippen LogP contribution in [0.25, 0.3) is 17.2 Å². The Morgan fingerprint density at radius 1 is 1.39 bits per heavy atom. The quantitative estimate of drug-likeness (QED) is 0.780. The largest absolute Gasteiger partial charge is 0.444 e. The predicted octanol–water partition coefficient (Wildman–Crippen LogP) is 4.56. The second-order valence-electron chi connectivity index (χ2n) is 3.61. The lowest BCUT2D eigenvalue weighted by Gasteiger charge is -1.96. The number of halogens is 1. The Balaban J connectivity index is 2.36. The highest BCUT2D eigenvalue weighted by molar-refractivity contribution is 9.10. The van der Waals surface area contributed by atoms with Crippen LogP contribution in [0.2, 0.25) is 0 Å². The van der Waals surface area contributed by atoms with E-state index in [1.165, 1.54) is 0 Å². The van der Waals surface area contributed by atoms with Crippen molar-refractivity contribution in [2.75, 3.05) is 0 Å². The Morgan fingerprint density at radius 2 is 2.22 bits per heavy atom. The monoisotopic (exact) mass is 304 g/mol. The lowest BCUT2D eigenvalue weighted by atomic mass is 10.2. The number of hydrogen-bond acceptors (Lipinski definition) is 3. The summed E-state index contributed by atoms with van der Waals surface area (Å²) in [4.78, 5) is 8.68. The minimum atomic E-state index is 0.594. The van der Waals surface area contributed by atoms with Gasteiger partial charge in [0.25, 0.3) is 0 Å². The molecule has 0 atom stereocenters. The SMILES string of the molecule is CC=N/C(=C\C)c1coc(-c2cccc(Br)c2)n1. The first kappa shape index (κ1) is 12.8. The van der Waals surface area contributed by atoms with Crippen molar-refractivity contribution in [2.24, 2.45) is 4.99 Å². The number of rotatable bonds is 3. The van der Waals surface area contributed by atoms with Crippen molar-refractivity contribution in [3.8, 4) is 11.5 Å². The maximum Gasteiger partial charge on any atom is 0.226 e. The van der Waals surface area contributed by atoms with E-state index in [9.17, 15) is 0 Å². The average molecular weight is 305 g/mol. The smallest absolute Gasteiger partial charge is 0.226 e. The van der Waals surface area contributed by atoms with Crippen LogP contribution in [0.4, 0.5) is 0 Å². The first-order valence-corrected chi connectivity index (χ1v) is 6.40. The van der Waals surface area contributed by atoms with E-state index in [1.54, 1.807) is 12.5 Å². The number of aliphatic imine (C=N–C) groups is 1. The van der Waals surface area contributed by atoms with Crippen molar-refractivity contribution in [1.29, 1.82) is 0 Å². The van der Waals surface area contributed by atoms with Crippen molar-refractivity contribution in [2.45, 2.75) is 13.8 Å². The number of oxazole rings is 1. The third kappa shape index (κ3) is 2.76. The summed E-state index contributed by atoms with van der Waals surface area (Å²) in [5, 5.41) is 0. The fraction of sp³-hybridized carbons (Fsp3) is 0.143. The second kappa shape index (κ2) is 5.78. The van der Waals surface area contributed by atoms with Gasteiger partial charge in [0, 0.05) is 16.3 Å². The molecule has 0 N–H and O–H groups in total. The Morgan fingerprint density at radius 3 is 2.89 bits per heavy atom. The molecule has 0 unspecified atom stereocenters. The second-order valence-corrected chi connectivity index (χ2v) is 4.53. The molecular formula is C14H13BrN2O. The number of allylic oxidation sites excluding steroid dienone is 1. The molecule has 1 aromatic heterocycles. The summed E-state index contributed by atoms with van der Waals surface area (Å²) >= 11 is 3.43. The lowest BCUT2D eigenvalue weighted by molar-refractivity contribution is 0.574. The molecule has 2 rings (SSSR count). The van der Waals surface area contributed by atoms with Gasteiger partial charge in [-0.05, 0) is 32.0 Å². The first-order chi connectivity index (χ1) is 8.74. The van der Waals surface area contributed by atoms with Crippen LogP contribution in [0.5, 0.6) is 0 Å². The fourth-order valence-corrected chi connectivity index (χ4v) is 1.97. The standard InChI is InChI=1S/C14H13BrN2O/c1-3-12(16-4-2)13-9-18-14(17-13)10-6-5-7-11(15)8-10/h3-9H,1-2H3/b12-3-,16-4?. The highest BCUT2D eigenvalue weighted by atomic mass is 79.9. The van der Waals surface area contributed by atoms with Gasteiger partial charge in [0.1, 0.15) is 12.0 Å². The van der Waals surface area contributed by atoms with Gasteiger partial charge in [-0.25, -0.2) is 4.98 Å². The molecule has 0 radical (unpaired) electrons. The molecule has 4 heteroatoms. The zero-order valence-corrected chi connectivity index (χ0v) is 11.8. The van der Waals surface area contributed by atoms with Crippen molar-refractivity contribution in [1.82, 2.24) is 4.98 Å². The minimum Gasteiger partial charge on any atom is -0.444 e. The number of hydrogen-bond donors (Lipinski definition) is 0. The maximum atomic E-state index is 5.49. The van der Waals surface area contributed by atoms with Crippen molar-refractivity contribution >= 4 is 27.8 Å². The van der Waals surface area contributed by atoms with Gasteiger partial charge in [-0.1, -0.05) is 28.1 Å². The summed E-state index contributed by atoms with van der Waals surface area (Å²) in [5.74, 6) is 0.594. The maximum absolute atomic E-state index is 5.49. The van der Waals surface area contributed by atoms with Gasteiger partial charge in [0.15, 0.2) is 0 Å². The average Bonchev–Trinajstić information content (AvgIpc) is 2.85. The highest BCUT2D eigenvalue weighted by Gasteiger charge is 2.09. The molecule has 92 valence electrons. The van der Waals surface area contributed by atoms with E-state index in [1.807, 2.05) is 44.2 Å². The topological polar surface area (TPSA) is 38.4 Å². The normalized spacial score (nSPS) is 12.3. The molecule has 3 nitrogen and oxygen atoms in total. The molecule has 18 heavy (non-hydrogen) atoms. The van der Waals surface area contributed by atoms with Crippen LogP contribution in [0, 0.1) is 0 Å². The van der Waals surface area contributed by atoms with Gasteiger partial charge in [0.2, 0.25) is 5.89 Å². The summed E-state index contributed by atoms with van der Waals surface area (Å²) in [6.07, 6.45) is 5.27. The van der Waals surface area contributed by atoms with Crippen LogP contribution < -0.4 is 0 Å². The molecule has 2 aromatic rings. The van der Waals surface area contributed by atoms with Gasteiger partial charge in [-0.15, -0.1) is 0 Å². The summed E-state index contributed by atoms with van der Waals surface area (Å²) in [6, 6.07) is 7.84. The molecule has 0 aliphatic carbocycles. The number of benzene rings is 1. The van der Waals surface area contributed by atoms with Gasteiger partial charge in [-0.2, -0.15) is 0 Å². The molecule has 0 spiro atoms. The number of nitrogens with zero attached hydrogens (tertiary/aromatic N) is 2. The number of aromatic nitrogens is 1. The third-order valence-electron chi connectivity index (χ3n) is 2.38. The zero-order valence-electron chi connectivity index (χ0n) is 10.2. The lowest BCUT2D eigenvalue weighted by Crippen LogP contribution is -1.83. The summed E-state index contributed by atoms with van der Waals surface area (Å²) in [5.41, 5.74) is 2.49. The van der Waals surface area contributed by atoms with E-state index >= 15 is 0 Å². The Bertz CT molecular complexity index is 599. The molecular weight excluding hydrogens is 292 g/mol. The summed E-state index contributed by atoms with van der Waals surface area (Å²) in [7, 11) is 0. The van der Waals surface area contributed by atoms with E-state index in [0.717, 1.165) is 21.4 Å². The molecule has 0 saturated carbocycles. The van der Waals surface area contributed by atoms with Crippen LogP contribution in [-0.2, 0) is 0 Å². The van der Waals surface area contributed by atoms with Crippen molar-refractivity contribution < 1.29 is 4.42 Å². The highest BCUT2D eigenvalue weighted by Crippen LogP contribution is 2.24. The predicted molar refractivity (Wildman–Crippen MR) is 77.5 cm³/mol. The minimum absolute atomic E-state index is 0.594. The van der Waals surface area contributed by atoms with Crippen molar-refractivity contribution in [3.05, 3.63) is 46.8 Å². The van der Waals surface area contributed by atoms with E-state index in [-0.39, 0.29) is 0 Å². The van der Waals surface area contributed by atoms with Gasteiger partial charge >= 0.3 is 0 Å². The van der Waals surface area contributed by atoms with Crippen LogP contribution in [0.1, 0.15) is 19.5 Å². The summed E-state index contributed by atoms with van der Waals surface area (Å²) in [6.45, 7) is 3.80. The Hall–Kier alpha value is -1.68. The van der Waals surface area contributed by atoms with Crippen LogP contribution in [0.3, 0.4) is 0 Å². The molecule has 0 amide bonds. The van der Waals surface area contributed by atoms with E-state index < -0.39 is 0 Å². The van der Waals surface area contributed by atoms with E-state index in [4.69, 9.17) is 4.42 Å². The summed E-state index contributed by atoms with van der Waals surface area (Å²) < 4.78 is 6.49. The van der Waals surface area contributed by atoms with Gasteiger partial charge in [-0.3, -0.25) is 4.99 Å².